The third-order valence-electron chi connectivity index (χ3n) is 3.03. The van der Waals surface area contributed by atoms with Crippen LogP contribution in [0.25, 0.3) is 0 Å². The molecule has 4 nitrogen and oxygen atoms in total. The zero-order valence-electron chi connectivity index (χ0n) is 10.9. The molecule has 0 aliphatic rings. The molecule has 2 unspecified atom stereocenters. The summed E-state index contributed by atoms with van der Waals surface area (Å²) in [5.41, 5.74) is 6.57. The largest absolute Gasteiger partial charge is 0.494 e. The molecule has 0 aromatic heterocycles. The van der Waals surface area contributed by atoms with Crippen molar-refractivity contribution in [3.63, 3.8) is 0 Å². The van der Waals surface area contributed by atoms with Crippen LogP contribution in [0.4, 0.5) is 0 Å². The van der Waals surface area contributed by atoms with Crippen LogP contribution in [0.5, 0.6) is 5.75 Å². The second-order valence-electron chi connectivity index (χ2n) is 4.41. The van der Waals surface area contributed by atoms with Gasteiger partial charge >= 0.3 is 5.97 Å². The predicted molar refractivity (Wildman–Crippen MR) is 70.8 cm³/mol. The second kappa shape index (κ2) is 7.01. The highest BCUT2D eigenvalue weighted by molar-refractivity contribution is 5.70. The number of hydrogen-bond acceptors (Lipinski definition) is 3. The predicted octanol–water partition coefficient (Wildman–Crippen LogP) is 2.24. The van der Waals surface area contributed by atoms with Crippen molar-refractivity contribution < 1.29 is 14.6 Å². The first-order valence-corrected chi connectivity index (χ1v) is 6.24. The first kappa shape index (κ1) is 14.5. The molecule has 0 bridgehead atoms. The lowest BCUT2D eigenvalue weighted by Gasteiger charge is -2.16. The highest BCUT2D eigenvalue weighted by Crippen LogP contribution is 2.25. The lowest BCUT2D eigenvalue weighted by molar-refractivity contribution is -0.141. The summed E-state index contributed by atoms with van der Waals surface area (Å²) in [4.78, 5) is 10.9. The number of ether oxygens (including phenoxy) is 1. The first-order chi connectivity index (χ1) is 8.58. The highest BCUT2D eigenvalue weighted by atomic mass is 16.5. The average Bonchev–Trinajstić information content (AvgIpc) is 2.36. The molecule has 1 aromatic carbocycles. The van der Waals surface area contributed by atoms with E-state index < -0.39 is 11.9 Å². The Labute approximate surface area is 108 Å². The fourth-order valence-electron chi connectivity index (χ4n) is 1.92. The Morgan fingerprint density at radius 2 is 2.00 bits per heavy atom. The van der Waals surface area contributed by atoms with Gasteiger partial charge in [-0.15, -0.1) is 0 Å². The molecule has 0 radical (unpaired) electrons. The van der Waals surface area contributed by atoms with E-state index in [1.165, 1.54) is 0 Å². The van der Waals surface area contributed by atoms with Gasteiger partial charge in [-0.1, -0.05) is 19.1 Å². The van der Waals surface area contributed by atoms with E-state index in [2.05, 4.69) is 0 Å². The maximum atomic E-state index is 10.9. The van der Waals surface area contributed by atoms with Crippen LogP contribution in [0.3, 0.4) is 0 Å². The molecule has 0 fully saturated rings. The topological polar surface area (TPSA) is 72.5 Å². The van der Waals surface area contributed by atoms with E-state index >= 15 is 0 Å². The Balaban J connectivity index is 2.65. The van der Waals surface area contributed by atoms with E-state index in [0.29, 0.717) is 13.0 Å². The molecule has 2 atom stereocenters. The van der Waals surface area contributed by atoms with Gasteiger partial charge in [0.15, 0.2) is 0 Å². The molecule has 3 N–H and O–H groups in total. The van der Waals surface area contributed by atoms with Crippen LogP contribution in [-0.2, 0) is 4.79 Å². The average molecular weight is 251 g/mol. The SMILES string of the molecule is CCOc1ccc(C(C)CC(CN)C(=O)O)cc1. The van der Waals surface area contributed by atoms with E-state index in [-0.39, 0.29) is 12.5 Å². The van der Waals surface area contributed by atoms with Gasteiger partial charge in [-0.2, -0.15) is 0 Å². The number of hydrogen-bond donors (Lipinski definition) is 2. The lowest BCUT2D eigenvalue weighted by atomic mass is 9.90. The van der Waals surface area contributed by atoms with E-state index in [4.69, 9.17) is 15.6 Å². The second-order valence-corrected chi connectivity index (χ2v) is 4.41. The van der Waals surface area contributed by atoms with Gasteiger partial charge in [-0.05, 0) is 37.0 Å². The molecule has 0 aliphatic heterocycles. The third-order valence-corrected chi connectivity index (χ3v) is 3.03. The van der Waals surface area contributed by atoms with Gasteiger partial charge in [0.05, 0.1) is 12.5 Å². The number of carboxylic acid groups (broad SMARTS) is 1. The van der Waals surface area contributed by atoms with E-state index in [9.17, 15) is 4.79 Å². The van der Waals surface area contributed by atoms with Gasteiger partial charge in [0.25, 0.3) is 0 Å². The molecule has 4 heteroatoms. The normalized spacial score (nSPS) is 13.9. The van der Waals surface area contributed by atoms with Crippen LogP contribution >= 0.6 is 0 Å². The summed E-state index contributed by atoms with van der Waals surface area (Å²) < 4.78 is 5.37. The molecule has 18 heavy (non-hydrogen) atoms. The Hall–Kier alpha value is -1.55. The fourth-order valence-corrected chi connectivity index (χ4v) is 1.92. The molecule has 1 aromatic rings. The van der Waals surface area contributed by atoms with Crippen molar-refractivity contribution in [2.24, 2.45) is 11.7 Å². The zero-order chi connectivity index (χ0) is 13.5. The van der Waals surface area contributed by atoms with Gasteiger partial charge in [-0.25, -0.2) is 0 Å². The quantitative estimate of drug-likeness (QED) is 0.779. The van der Waals surface area contributed by atoms with Crippen LogP contribution in [-0.4, -0.2) is 24.2 Å². The van der Waals surface area contributed by atoms with Crippen molar-refractivity contribution in [1.29, 1.82) is 0 Å². The van der Waals surface area contributed by atoms with Crippen LogP contribution in [0.15, 0.2) is 24.3 Å². The van der Waals surface area contributed by atoms with Gasteiger partial charge in [0.2, 0.25) is 0 Å². The monoisotopic (exact) mass is 251 g/mol. The first-order valence-electron chi connectivity index (χ1n) is 6.24. The van der Waals surface area contributed by atoms with Crippen molar-refractivity contribution in [2.45, 2.75) is 26.2 Å². The molecular weight excluding hydrogens is 230 g/mol. The summed E-state index contributed by atoms with van der Waals surface area (Å²) in [6.07, 6.45) is 0.555. The minimum Gasteiger partial charge on any atom is -0.494 e. The molecule has 0 spiro atoms. The third kappa shape index (κ3) is 4.04. The molecule has 0 aliphatic carbocycles. The lowest BCUT2D eigenvalue weighted by Crippen LogP contribution is -2.24. The number of rotatable bonds is 7. The molecule has 100 valence electrons. The van der Waals surface area contributed by atoms with Crippen LogP contribution in [0, 0.1) is 5.92 Å². The molecular formula is C14H21NO3. The summed E-state index contributed by atoms with van der Waals surface area (Å²) in [6, 6.07) is 7.78. The Morgan fingerprint density at radius 3 is 2.44 bits per heavy atom. The maximum Gasteiger partial charge on any atom is 0.307 e. The molecule has 0 amide bonds. The van der Waals surface area contributed by atoms with Crippen molar-refractivity contribution in [2.75, 3.05) is 13.2 Å². The molecule has 1 rings (SSSR count). The van der Waals surface area contributed by atoms with Crippen LogP contribution in [0.1, 0.15) is 31.7 Å². The summed E-state index contributed by atoms with van der Waals surface area (Å²) in [7, 11) is 0. The Bertz CT molecular complexity index is 375. The van der Waals surface area contributed by atoms with Gasteiger partial charge < -0.3 is 15.6 Å². The smallest absolute Gasteiger partial charge is 0.307 e. The number of carboxylic acids is 1. The van der Waals surface area contributed by atoms with Crippen LogP contribution in [0.2, 0.25) is 0 Å². The van der Waals surface area contributed by atoms with Gasteiger partial charge in [0, 0.05) is 6.54 Å². The minimum absolute atomic E-state index is 0.172. The number of aliphatic carboxylic acids is 1. The number of carbonyl (C=O) groups is 1. The Morgan fingerprint density at radius 1 is 1.39 bits per heavy atom. The standard InChI is InChI=1S/C14H21NO3/c1-3-18-13-6-4-11(5-7-13)10(2)8-12(9-15)14(16)17/h4-7,10,12H,3,8-9,15H2,1-2H3,(H,16,17). The molecule has 0 saturated heterocycles. The van der Waals surface area contributed by atoms with Gasteiger partial charge in [0.1, 0.15) is 5.75 Å². The minimum atomic E-state index is -0.824. The molecule has 0 heterocycles. The zero-order valence-corrected chi connectivity index (χ0v) is 10.9. The molecule has 0 saturated carbocycles. The van der Waals surface area contributed by atoms with Crippen LogP contribution < -0.4 is 10.5 Å². The van der Waals surface area contributed by atoms with E-state index in [1.807, 2.05) is 38.1 Å². The number of benzene rings is 1. The highest BCUT2D eigenvalue weighted by Gasteiger charge is 2.19. The van der Waals surface area contributed by atoms with Crippen molar-refractivity contribution >= 4 is 5.97 Å². The summed E-state index contributed by atoms with van der Waals surface area (Å²) in [5, 5.41) is 8.98. The van der Waals surface area contributed by atoms with Crippen molar-refractivity contribution in [3.05, 3.63) is 29.8 Å². The summed E-state index contributed by atoms with van der Waals surface area (Å²) in [5.74, 6) is -0.297. The van der Waals surface area contributed by atoms with E-state index in [0.717, 1.165) is 11.3 Å². The maximum absolute atomic E-state index is 10.9. The summed E-state index contributed by atoms with van der Waals surface area (Å²) >= 11 is 0. The van der Waals surface area contributed by atoms with Crippen molar-refractivity contribution in [1.82, 2.24) is 0 Å². The van der Waals surface area contributed by atoms with Gasteiger partial charge in [-0.3, -0.25) is 4.79 Å². The van der Waals surface area contributed by atoms with E-state index in [1.54, 1.807) is 0 Å². The van der Waals surface area contributed by atoms with Crippen molar-refractivity contribution in [3.8, 4) is 5.75 Å². The Kier molecular flexibility index (Phi) is 5.65. The summed E-state index contributed by atoms with van der Waals surface area (Å²) in [6.45, 7) is 4.77. The number of nitrogens with two attached hydrogens (primary N) is 1. The fraction of sp³-hybridized carbons (Fsp3) is 0.500.